The minimum absolute atomic E-state index is 0.376. The van der Waals surface area contributed by atoms with Gasteiger partial charge < -0.3 is 24.3 Å². The van der Waals surface area contributed by atoms with E-state index in [0.717, 1.165) is 41.9 Å². The molecule has 0 spiro atoms. The van der Waals surface area contributed by atoms with Crippen LogP contribution in [0.4, 0.5) is 5.00 Å². The number of morpholine rings is 2. The molecular weight excluding hydrogens is 782 g/mol. The number of hydrogen-bond donors (Lipinski definition) is 2. The number of nitriles is 2. The number of benzene rings is 2. The minimum Gasteiger partial charge on any atom is -0.378 e. The maximum atomic E-state index is 11.1. The van der Waals surface area contributed by atoms with Crippen molar-refractivity contribution in [2.45, 2.75) is 10.2 Å². The summed E-state index contributed by atoms with van der Waals surface area (Å²) < 4.78 is 9.77. The maximum Gasteiger partial charge on any atom is 0.139 e. The maximum absolute atomic E-state index is 11.1. The fraction of sp³-hybridized carbons (Fsp3) is 0.278. The molecule has 0 aliphatic carbocycles. The van der Waals surface area contributed by atoms with Crippen LogP contribution in [0.2, 0.25) is 20.1 Å². The Labute approximate surface area is 328 Å². The van der Waals surface area contributed by atoms with Gasteiger partial charge >= 0.3 is 0 Å². The number of aromatic amines is 2. The molecule has 0 amide bonds. The first-order valence-electron chi connectivity index (χ1n) is 16.2. The van der Waals surface area contributed by atoms with E-state index in [-0.39, 0.29) is 0 Å². The van der Waals surface area contributed by atoms with Crippen LogP contribution in [-0.4, -0.2) is 77.7 Å². The van der Waals surface area contributed by atoms with Gasteiger partial charge in [0.1, 0.15) is 21.6 Å². The average molecular weight is 813 g/mol. The van der Waals surface area contributed by atoms with Crippen molar-refractivity contribution in [1.29, 1.82) is 10.5 Å². The fourth-order valence-electron chi connectivity index (χ4n) is 7.03. The average Bonchev–Trinajstić information content (AvgIpc) is 4.00. The number of nitrogens with zero attached hydrogens (tertiary/aromatic N) is 6. The van der Waals surface area contributed by atoms with Gasteiger partial charge in [-0.15, -0.1) is 11.3 Å². The Morgan fingerprint density at radius 2 is 1.42 bits per heavy atom. The van der Waals surface area contributed by atoms with Gasteiger partial charge in [-0.2, -0.15) is 15.6 Å². The summed E-state index contributed by atoms with van der Waals surface area (Å²) in [6.07, 6.45) is 5.12. The van der Waals surface area contributed by atoms with E-state index in [1.54, 1.807) is 54.2 Å². The predicted octanol–water partition coefficient (Wildman–Crippen LogP) is 8.25. The lowest BCUT2D eigenvalue weighted by atomic mass is 9.60. The predicted molar refractivity (Wildman–Crippen MR) is 206 cm³/mol. The highest BCUT2D eigenvalue weighted by Crippen LogP contribution is 2.70. The Bertz CT molecular complexity index is 2060. The highest BCUT2D eigenvalue weighted by Gasteiger charge is 2.68. The number of aromatic nitrogens is 4. The zero-order valence-corrected chi connectivity index (χ0v) is 32.1. The topological polar surface area (TPSA) is 130 Å². The number of nitrogens with one attached hydrogen (secondary N) is 2. The van der Waals surface area contributed by atoms with Crippen molar-refractivity contribution >= 4 is 74.5 Å². The number of thioether (sulfide) groups is 1. The third-order valence-electron chi connectivity index (χ3n) is 9.22. The molecule has 10 nitrogen and oxygen atoms in total. The number of hydrogen-bond acceptors (Lipinski definition) is 10. The molecule has 266 valence electrons. The number of ether oxygens (including phenoxy) is 2. The van der Waals surface area contributed by atoms with Crippen molar-refractivity contribution in [3.63, 3.8) is 0 Å². The summed E-state index contributed by atoms with van der Waals surface area (Å²) in [5.74, 6) is 0.588. The second-order valence-electron chi connectivity index (χ2n) is 11.9. The zero-order chi connectivity index (χ0) is 36.3. The Morgan fingerprint density at radius 1 is 0.788 bits per heavy atom. The second-order valence-corrected chi connectivity index (χ2v) is 15.7. The van der Waals surface area contributed by atoms with E-state index in [1.807, 2.05) is 29.6 Å². The highest BCUT2D eigenvalue weighted by atomic mass is 35.5. The SMILES string of the molecule is N#CC1=C(N2CCOCC2)SC(c2ccn[nH]2)(c2ncc[nH]2)C1(c1ccc(Cl)cc1Cl)c1ccc(Cl)cc1Cl.N#Cc1ccsc1N1CCOCC1. The van der Waals surface area contributed by atoms with E-state index < -0.39 is 10.2 Å². The van der Waals surface area contributed by atoms with Crippen molar-refractivity contribution < 1.29 is 9.47 Å². The quantitative estimate of drug-likeness (QED) is 0.174. The molecule has 1 atom stereocenters. The summed E-state index contributed by atoms with van der Waals surface area (Å²) in [4.78, 5) is 12.5. The van der Waals surface area contributed by atoms with Gasteiger partial charge in [-0.25, -0.2) is 4.98 Å². The van der Waals surface area contributed by atoms with Gasteiger partial charge in [-0.1, -0.05) is 70.3 Å². The Morgan fingerprint density at radius 3 is 1.94 bits per heavy atom. The first kappa shape index (κ1) is 36.7. The molecule has 52 heavy (non-hydrogen) atoms. The third-order valence-corrected chi connectivity index (χ3v) is 13.0. The van der Waals surface area contributed by atoms with Crippen LogP contribution < -0.4 is 4.90 Å². The fourth-order valence-corrected chi connectivity index (χ4v) is 10.8. The van der Waals surface area contributed by atoms with E-state index in [9.17, 15) is 5.26 Å². The van der Waals surface area contributed by atoms with Crippen molar-refractivity contribution in [3.8, 4) is 12.1 Å². The molecule has 3 aliphatic rings. The number of thiophene rings is 1. The van der Waals surface area contributed by atoms with Crippen LogP contribution in [0.5, 0.6) is 0 Å². The van der Waals surface area contributed by atoms with Crippen molar-refractivity contribution in [3.05, 3.63) is 131 Å². The summed E-state index contributed by atoms with van der Waals surface area (Å²) in [5, 5.41) is 32.9. The molecule has 3 aromatic heterocycles. The van der Waals surface area contributed by atoms with E-state index in [1.165, 1.54) is 11.8 Å². The van der Waals surface area contributed by atoms with Crippen molar-refractivity contribution in [1.82, 2.24) is 25.1 Å². The Balaban J connectivity index is 0.000000271. The monoisotopic (exact) mass is 810 g/mol. The first-order valence-corrected chi connectivity index (χ1v) is 19.4. The molecule has 16 heteroatoms. The van der Waals surface area contributed by atoms with Crippen molar-refractivity contribution in [2.24, 2.45) is 0 Å². The lowest BCUT2D eigenvalue weighted by molar-refractivity contribution is 0.0574. The van der Waals surface area contributed by atoms with Gasteiger partial charge in [0.2, 0.25) is 0 Å². The van der Waals surface area contributed by atoms with Crippen molar-refractivity contribution in [2.75, 3.05) is 57.5 Å². The molecule has 1 unspecified atom stereocenters. The smallest absolute Gasteiger partial charge is 0.139 e. The van der Waals surface area contributed by atoms with Gasteiger partial charge in [-0.05, 0) is 52.9 Å². The molecule has 6 heterocycles. The number of rotatable bonds is 6. The number of halogens is 4. The van der Waals surface area contributed by atoms with Crippen LogP contribution in [-0.2, 0) is 19.6 Å². The van der Waals surface area contributed by atoms with Crippen LogP contribution >= 0.6 is 69.5 Å². The molecule has 0 saturated carbocycles. The molecule has 3 aliphatic heterocycles. The van der Waals surface area contributed by atoms with E-state index in [0.29, 0.717) is 74.6 Å². The van der Waals surface area contributed by atoms with Crippen LogP contribution in [0.1, 0.15) is 28.2 Å². The van der Waals surface area contributed by atoms with E-state index >= 15 is 0 Å². The Hall–Kier alpha value is -3.69. The lowest BCUT2D eigenvalue weighted by Gasteiger charge is -2.45. The largest absolute Gasteiger partial charge is 0.378 e. The lowest BCUT2D eigenvalue weighted by Crippen LogP contribution is -2.48. The molecule has 8 rings (SSSR count). The number of H-pyrrole nitrogens is 2. The minimum atomic E-state index is -1.30. The molecule has 2 saturated heterocycles. The first-order chi connectivity index (χ1) is 25.3. The molecule has 5 aromatic rings. The molecular formula is C36H30Cl4N8O2S2. The van der Waals surface area contributed by atoms with E-state index in [2.05, 4.69) is 37.1 Å². The van der Waals surface area contributed by atoms with Crippen LogP contribution in [0.15, 0.2) is 83.1 Å². The molecule has 2 fully saturated rings. The van der Waals surface area contributed by atoms with Gasteiger partial charge in [0.15, 0.2) is 0 Å². The highest BCUT2D eigenvalue weighted by molar-refractivity contribution is 8.04. The molecule has 2 N–H and O–H groups in total. The zero-order valence-electron chi connectivity index (χ0n) is 27.4. The number of anilines is 1. The molecule has 0 radical (unpaired) electrons. The third kappa shape index (κ3) is 6.36. The second kappa shape index (κ2) is 15.7. The number of allylic oxidation sites excluding steroid dienone is 1. The van der Waals surface area contributed by atoms with Gasteiger partial charge in [0.25, 0.3) is 0 Å². The van der Waals surface area contributed by atoms with Crippen LogP contribution in [0, 0.1) is 22.7 Å². The summed E-state index contributed by atoms with van der Waals surface area (Å²) in [6, 6.07) is 19.1. The Kier molecular flexibility index (Phi) is 11.1. The van der Waals surface area contributed by atoms with Crippen LogP contribution in [0.25, 0.3) is 0 Å². The summed E-state index contributed by atoms with van der Waals surface area (Å²) in [5.41, 5.74) is 1.93. The van der Waals surface area contributed by atoms with Gasteiger partial charge in [0.05, 0.1) is 59.8 Å². The van der Waals surface area contributed by atoms with Gasteiger partial charge in [-0.3, -0.25) is 5.10 Å². The number of imidazole rings is 1. The molecule has 2 aromatic carbocycles. The normalized spacial score (nSPS) is 19.9. The summed E-state index contributed by atoms with van der Waals surface area (Å²) >= 11 is 30.0. The standard InChI is InChI=1S/C27H20Cl4N6OS.C9H10N2OS/c28-16-1-3-18(21(30)13-16)26(19-4-2-17(29)14-22(19)31)20(15-32)24(37-9-11-38-12-10-37)39-27(26,23-5-6-35-36-23)25-33-7-8-34-25;10-7-8-1-6-13-9(8)11-2-4-12-5-3-11/h1-8,13-14H,9-12H2,(H,33,34)(H,35,36);1,6H,2-5H2. The molecule has 0 bridgehead atoms. The summed E-state index contributed by atoms with van der Waals surface area (Å²) in [7, 11) is 0. The van der Waals surface area contributed by atoms with Crippen LogP contribution in [0.3, 0.4) is 0 Å². The van der Waals surface area contributed by atoms with E-state index in [4.69, 9.17) is 66.1 Å². The van der Waals surface area contributed by atoms with Gasteiger partial charge in [0, 0.05) is 64.9 Å². The summed E-state index contributed by atoms with van der Waals surface area (Å²) in [6.45, 7) is 5.64.